The van der Waals surface area contributed by atoms with Crippen LogP contribution in [0, 0.1) is 0 Å². The van der Waals surface area contributed by atoms with Crippen LogP contribution in [-0.4, -0.2) is 12.6 Å². The van der Waals surface area contributed by atoms with Crippen molar-refractivity contribution in [3.63, 3.8) is 0 Å². The highest BCUT2D eigenvalue weighted by Gasteiger charge is 2.18. The second kappa shape index (κ2) is 15.8. The molecule has 0 bridgehead atoms. The fourth-order valence-corrected chi connectivity index (χ4v) is 4.21. The molecule has 0 saturated heterocycles. The van der Waals surface area contributed by atoms with Gasteiger partial charge in [-0.05, 0) is 55.9 Å². The van der Waals surface area contributed by atoms with Crippen LogP contribution >= 0.6 is 8.38 Å². The second-order valence-corrected chi connectivity index (χ2v) is 8.61. The lowest BCUT2D eigenvalue weighted by atomic mass is 10.1. The fraction of sp³-hybridized carbons (Fsp3) is 0.259. The van der Waals surface area contributed by atoms with E-state index in [1.54, 1.807) is 12.3 Å². The number of carbonyl (C=O) groups excluding carboxylic acids is 2. The topological polar surface area (TPSA) is 52.6 Å². The molecule has 0 fully saturated rings. The monoisotopic (exact) mass is 450 g/mol. The van der Waals surface area contributed by atoms with Crippen molar-refractivity contribution in [1.29, 1.82) is 0 Å². The highest BCUT2D eigenvalue weighted by atomic mass is 31.2. The minimum atomic E-state index is -1.30. The standard InChI is InChI=1S/C27H31O4P/c1-2-24(14-11-22-29)12-8-10-23-30-32(27-15-5-3-4-6-16-27)31-26-19-17-25(18-20-26)13-7-9-21-28/h2-6,10,12,15,17-23H,1,7-9,11,13-14,16H2/b23-10+,24-12+. The smallest absolute Gasteiger partial charge is 0.321 e. The number of hydrogen-bond acceptors (Lipinski definition) is 4. The molecule has 0 aliphatic heterocycles. The van der Waals surface area contributed by atoms with E-state index in [-0.39, 0.29) is 0 Å². The van der Waals surface area contributed by atoms with Crippen molar-refractivity contribution >= 4 is 20.9 Å². The van der Waals surface area contributed by atoms with Crippen molar-refractivity contribution in [3.8, 4) is 5.75 Å². The predicted molar refractivity (Wildman–Crippen MR) is 132 cm³/mol. The average Bonchev–Trinajstić information content (AvgIpc) is 3.11. The first-order chi connectivity index (χ1) is 15.8. The SMILES string of the molecule is C=C/C(=C\C/C=C/OP(Oc1ccc(CCCC=O)cc1)C1=CC=CC=CC1)CCC=O. The summed E-state index contributed by atoms with van der Waals surface area (Å²) in [7, 11) is -1.30. The zero-order valence-corrected chi connectivity index (χ0v) is 19.3. The molecule has 4 nitrogen and oxygen atoms in total. The maximum Gasteiger partial charge on any atom is 0.321 e. The van der Waals surface area contributed by atoms with Crippen molar-refractivity contribution in [2.24, 2.45) is 0 Å². The molecular weight excluding hydrogens is 419 g/mol. The van der Waals surface area contributed by atoms with E-state index in [4.69, 9.17) is 9.05 Å². The number of rotatable bonds is 15. The zero-order chi connectivity index (χ0) is 22.9. The van der Waals surface area contributed by atoms with Gasteiger partial charge in [0, 0.05) is 18.2 Å². The second-order valence-electron chi connectivity index (χ2n) is 7.13. The van der Waals surface area contributed by atoms with E-state index in [0.29, 0.717) is 25.7 Å². The van der Waals surface area contributed by atoms with Crippen molar-refractivity contribution in [2.45, 2.75) is 44.9 Å². The predicted octanol–water partition coefficient (Wildman–Crippen LogP) is 7.31. The number of carbonyl (C=O) groups is 2. The number of allylic oxidation sites excluding steroid dienone is 10. The van der Waals surface area contributed by atoms with Crippen LogP contribution in [-0.2, 0) is 20.5 Å². The van der Waals surface area contributed by atoms with E-state index >= 15 is 0 Å². The number of hydrogen-bond donors (Lipinski definition) is 0. The lowest BCUT2D eigenvalue weighted by molar-refractivity contribution is -0.108. The minimum Gasteiger partial charge on any atom is -0.444 e. The van der Waals surface area contributed by atoms with Crippen LogP contribution in [0.5, 0.6) is 5.75 Å². The van der Waals surface area contributed by atoms with Gasteiger partial charge < -0.3 is 18.6 Å². The number of unbranched alkanes of at least 4 members (excludes halogenated alkanes) is 1. The minimum absolute atomic E-state index is 0.502. The van der Waals surface area contributed by atoms with Crippen LogP contribution in [0.2, 0.25) is 0 Å². The highest BCUT2D eigenvalue weighted by molar-refractivity contribution is 7.52. The molecule has 0 spiro atoms. The van der Waals surface area contributed by atoms with Gasteiger partial charge >= 0.3 is 8.38 Å². The molecule has 0 saturated carbocycles. The summed E-state index contributed by atoms with van der Waals surface area (Å²) in [6.07, 6.45) is 24.4. The Hall–Kier alpha value is -2.97. The first-order valence-electron chi connectivity index (χ1n) is 10.9. The number of aryl methyl sites for hydroxylation is 1. The van der Waals surface area contributed by atoms with Crippen LogP contribution in [0.1, 0.15) is 44.1 Å². The Balaban J connectivity index is 2.01. The van der Waals surface area contributed by atoms with Crippen molar-refractivity contribution < 1.29 is 18.6 Å². The molecule has 1 aliphatic rings. The lowest BCUT2D eigenvalue weighted by Crippen LogP contribution is -1.94. The van der Waals surface area contributed by atoms with E-state index in [1.165, 1.54) is 5.56 Å². The maximum absolute atomic E-state index is 10.5. The van der Waals surface area contributed by atoms with Gasteiger partial charge in [0.25, 0.3) is 0 Å². The van der Waals surface area contributed by atoms with Crippen LogP contribution < -0.4 is 4.52 Å². The Kier molecular flexibility index (Phi) is 12.5. The van der Waals surface area contributed by atoms with Crippen LogP contribution in [0.15, 0.2) is 96.6 Å². The highest BCUT2D eigenvalue weighted by Crippen LogP contribution is 2.49. The van der Waals surface area contributed by atoms with Gasteiger partial charge in [-0.25, -0.2) is 0 Å². The molecule has 1 unspecified atom stereocenters. The molecule has 1 aliphatic carbocycles. The molecule has 1 atom stereocenters. The first kappa shape index (κ1) is 25.3. The quantitative estimate of drug-likeness (QED) is 0.0924. The molecule has 1 aromatic rings. The molecule has 0 radical (unpaired) electrons. The largest absolute Gasteiger partial charge is 0.444 e. The summed E-state index contributed by atoms with van der Waals surface area (Å²) < 4.78 is 12.2. The van der Waals surface area contributed by atoms with Gasteiger partial charge in [-0.2, -0.15) is 0 Å². The van der Waals surface area contributed by atoms with Crippen LogP contribution in [0.3, 0.4) is 0 Å². The summed E-state index contributed by atoms with van der Waals surface area (Å²) in [6.45, 7) is 3.79. The van der Waals surface area contributed by atoms with E-state index in [0.717, 1.165) is 48.5 Å². The van der Waals surface area contributed by atoms with Gasteiger partial charge in [0.15, 0.2) is 0 Å². The normalized spacial score (nSPS) is 14.5. The molecule has 0 amide bonds. The van der Waals surface area contributed by atoms with E-state index in [1.807, 2.05) is 60.7 Å². The third-order valence-electron chi connectivity index (χ3n) is 4.69. The van der Waals surface area contributed by atoms with E-state index < -0.39 is 8.38 Å². The Morgan fingerprint density at radius 1 is 1.06 bits per heavy atom. The van der Waals surface area contributed by atoms with Gasteiger partial charge in [-0.1, -0.05) is 66.8 Å². The number of benzene rings is 1. The Morgan fingerprint density at radius 3 is 2.62 bits per heavy atom. The van der Waals surface area contributed by atoms with Crippen molar-refractivity contribution in [1.82, 2.24) is 0 Å². The summed E-state index contributed by atoms with van der Waals surface area (Å²) in [6, 6.07) is 7.97. The fourth-order valence-electron chi connectivity index (χ4n) is 2.94. The average molecular weight is 451 g/mol. The van der Waals surface area contributed by atoms with Gasteiger partial charge in [0.05, 0.1) is 6.26 Å². The van der Waals surface area contributed by atoms with Gasteiger partial charge in [0.2, 0.25) is 0 Å². The zero-order valence-electron chi connectivity index (χ0n) is 18.4. The molecule has 0 heterocycles. The maximum atomic E-state index is 10.5. The molecular formula is C27H31O4P. The van der Waals surface area contributed by atoms with E-state index in [9.17, 15) is 9.59 Å². The molecule has 5 heteroatoms. The molecule has 2 rings (SSSR count). The Labute approximate surface area is 192 Å². The van der Waals surface area contributed by atoms with Crippen LogP contribution in [0.4, 0.5) is 0 Å². The third-order valence-corrected chi connectivity index (χ3v) is 6.18. The Bertz CT molecular complexity index is 875. The summed E-state index contributed by atoms with van der Waals surface area (Å²) in [4.78, 5) is 21.0. The summed E-state index contributed by atoms with van der Waals surface area (Å²) >= 11 is 0. The van der Waals surface area contributed by atoms with Crippen molar-refractivity contribution in [3.05, 3.63) is 102 Å². The first-order valence-corrected chi connectivity index (χ1v) is 12.0. The Morgan fingerprint density at radius 2 is 1.88 bits per heavy atom. The molecule has 32 heavy (non-hydrogen) atoms. The summed E-state index contributed by atoms with van der Waals surface area (Å²) in [5.41, 5.74) is 2.23. The molecule has 168 valence electrons. The summed E-state index contributed by atoms with van der Waals surface area (Å²) in [5, 5.41) is 1.08. The van der Waals surface area contributed by atoms with Gasteiger partial charge in [-0.15, -0.1) is 0 Å². The van der Waals surface area contributed by atoms with Gasteiger partial charge in [0.1, 0.15) is 18.3 Å². The van der Waals surface area contributed by atoms with Gasteiger partial charge in [-0.3, -0.25) is 0 Å². The summed E-state index contributed by atoms with van der Waals surface area (Å²) in [5.74, 6) is 0.754. The van der Waals surface area contributed by atoms with Crippen molar-refractivity contribution in [2.75, 3.05) is 0 Å². The number of aldehydes is 2. The molecule has 0 N–H and O–H groups in total. The lowest BCUT2D eigenvalue weighted by Gasteiger charge is -2.18. The van der Waals surface area contributed by atoms with E-state index in [2.05, 4.69) is 12.7 Å². The van der Waals surface area contributed by atoms with Crippen LogP contribution in [0.25, 0.3) is 0 Å². The third kappa shape index (κ3) is 9.89. The molecule has 0 aromatic heterocycles. The molecule has 1 aromatic carbocycles.